The van der Waals surface area contributed by atoms with E-state index in [2.05, 4.69) is 64.1 Å². The van der Waals surface area contributed by atoms with Crippen molar-refractivity contribution in [2.45, 2.75) is 89.2 Å². The smallest absolute Gasteiger partial charge is 0.255 e. The largest absolute Gasteiger partial charge is 0.492 e. The summed E-state index contributed by atoms with van der Waals surface area (Å²) in [6, 6.07) is 15.1. The number of aromatic nitrogens is 2. The lowest BCUT2D eigenvalue weighted by atomic mass is 9.93. The van der Waals surface area contributed by atoms with Gasteiger partial charge in [-0.15, -0.1) is 0 Å². The molecule has 70 heavy (non-hydrogen) atoms. The van der Waals surface area contributed by atoms with Crippen LogP contribution in [0.15, 0.2) is 66.9 Å². The average molecular weight is 996 g/mol. The Kier molecular flexibility index (Phi) is 20.4. The topological polar surface area (TPSA) is 283 Å². The summed E-state index contributed by atoms with van der Waals surface area (Å²) in [6.07, 6.45) is 3.42. The molecule has 10 N–H and O–H groups in total. The Morgan fingerprint density at radius 3 is 2.24 bits per heavy atom. The summed E-state index contributed by atoms with van der Waals surface area (Å²) < 4.78 is 12.4. The van der Waals surface area contributed by atoms with Crippen molar-refractivity contribution in [1.29, 1.82) is 5.26 Å². The summed E-state index contributed by atoms with van der Waals surface area (Å²) in [6.45, 7) is 10.1. The molecule has 0 unspecified atom stereocenters. The number of nitrogens with two attached hydrogens (primary N) is 3. The fourth-order valence-electron chi connectivity index (χ4n) is 7.57. The maximum absolute atomic E-state index is 14.7. The maximum atomic E-state index is 14.7. The Labute approximate surface area is 417 Å². The molecule has 4 atom stereocenters. The van der Waals surface area contributed by atoms with Gasteiger partial charge in [-0.25, -0.2) is 9.97 Å². The molecule has 2 heterocycles. The van der Waals surface area contributed by atoms with Gasteiger partial charge in [-0.05, 0) is 80.6 Å². The van der Waals surface area contributed by atoms with Crippen molar-refractivity contribution in [1.82, 2.24) is 36.1 Å². The van der Waals surface area contributed by atoms with Crippen LogP contribution >= 0.6 is 21.6 Å². The van der Waals surface area contributed by atoms with E-state index < -0.39 is 53.7 Å². The van der Waals surface area contributed by atoms with Crippen LogP contribution in [0, 0.1) is 18.3 Å². The second-order valence-electron chi connectivity index (χ2n) is 17.7. The van der Waals surface area contributed by atoms with Crippen molar-refractivity contribution in [2.75, 3.05) is 52.2 Å². The SMILES string of the molecule is Cc1nc(-c2ccc(CCCSSC(C)(C)C)cc2)ncc1C(=O)N[C@@H](CCN)C(=O)N(C)[C@@H]1C(=O)N[C@@H](C)C(=O)N[C@H](C(=O)NCC#N)Cc2ccc(OCCN)c(c2)-c2cc1ccc2OCCN. The second-order valence-corrected chi connectivity index (χ2v) is 20.9. The number of carbonyl (C=O) groups is 5. The van der Waals surface area contributed by atoms with E-state index in [0.717, 1.165) is 24.2 Å². The first-order chi connectivity index (χ1) is 33.5. The lowest BCUT2D eigenvalue weighted by Crippen LogP contribution is -2.56. The minimum absolute atomic E-state index is 0.0000833. The highest BCUT2D eigenvalue weighted by Gasteiger charge is 2.36. The molecule has 0 aliphatic carbocycles. The number of rotatable bonds is 20. The number of hydrogen-bond donors (Lipinski definition) is 7. The Morgan fingerprint density at radius 2 is 1.61 bits per heavy atom. The highest BCUT2D eigenvalue weighted by atomic mass is 33.1. The van der Waals surface area contributed by atoms with Crippen molar-refractivity contribution in [3.8, 4) is 40.1 Å². The fraction of sp³-hybridized carbons (Fsp3) is 0.440. The zero-order valence-electron chi connectivity index (χ0n) is 40.6. The minimum Gasteiger partial charge on any atom is -0.492 e. The maximum Gasteiger partial charge on any atom is 0.255 e. The number of carbonyl (C=O) groups excluding carboxylic acids is 5. The number of benzene rings is 3. The second kappa shape index (κ2) is 26.1. The van der Waals surface area contributed by atoms with Crippen LogP contribution in [0.4, 0.5) is 0 Å². The molecular formula is C50H65N11O7S2. The van der Waals surface area contributed by atoms with Gasteiger partial charge < -0.3 is 52.8 Å². The van der Waals surface area contributed by atoms with Crippen LogP contribution in [-0.4, -0.2) is 119 Å². The number of fused-ring (bicyclic) bond motifs is 5. The molecule has 1 aromatic heterocycles. The molecule has 4 bridgehead atoms. The molecule has 4 aromatic rings. The Morgan fingerprint density at radius 1 is 0.943 bits per heavy atom. The molecule has 1 aliphatic rings. The molecule has 1 aliphatic heterocycles. The molecule has 18 nitrogen and oxygen atoms in total. The molecular weight excluding hydrogens is 931 g/mol. The fourth-order valence-corrected chi connectivity index (χ4v) is 9.93. The zero-order chi connectivity index (χ0) is 51.0. The van der Waals surface area contributed by atoms with E-state index in [1.54, 1.807) is 43.3 Å². The number of likely N-dealkylation sites (N-methyl/N-ethyl adjacent to an activating group) is 1. The first-order valence-corrected chi connectivity index (χ1v) is 25.5. The van der Waals surface area contributed by atoms with Crippen molar-refractivity contribution >= 4 is 51.1 Å². The quantitative estimate of drug-likeness (QED) is 0.0377. The molecule has 374 valence electrons. The van der Waals surface area contributed by atoms with E-state index in [-0.39, 0.29) is 62.5 Å². The molecule has 20 heteroatoms. The first-order valence-electron chi connectivity index (χ1n) is 23.2. The van der Waals surface area contributed by atoms with Gasteiger partial charge in [0.2, 0.25) is 23.6 Å². The van der Waals surface area contributed by atoms with Crippen molar-refractivity contribution in [2.24, 2.45) is 17.2 Å². The lowest BCUT2D eigenvalue weighted by Gasteiger charge is -2.32. The third kappa shape index (κ3) is 15.1. The predicted octanol–water partition coefficient (Wildman–Crippen LogP) is 3.74. The average Bonchev–Trinajstić information content (AvgIpc) is 3.33. The van der Waals surface area contributed by atoms with Crippen LogP contribution in [0.3, 0.4) is 0 Å². The molecule has 0 saturated carbocycles. The van der Waals surface area contributed by atoms with Crippen molar-refractivity contribution in [3.63, 3.8) is 0 Å². The van der Waals surface area contributed by atoms with Crippen LogP contribution in [0.2, 0.25) is 0 Å². The zero-order valence-corrected chi connectivity index (χ0v) is 42.3. The standard InChI is InChI=1S/C50H65N11O7S2/c1-30-38(29-56-44(57-30)34-12-9-32(10-13-34)8-7-25-69-70-50(3,4)5)46(63)59-39(17-18-51)49(66)61(6)43-35-14-16-42(68-24-21-54)37(28-35)36-26-33(11-15-41(36)67-23-20-53)27-40(47(64)55-22-19-52)60-45(62)31(2)58-48(43)65/h9-16,26,28-29,31,39-40,43H,7-8,17-18,20-25,27,51,53-54H2,1-6H3,(H,55,64)(H,58,65)(H,59,63)(H,60,62)/t31-,39-,40-,43-/m0/s1. The summed E-state index contributed by atoms with van der Waals surface area (Å²) in [5, 5.41) is 19.9. The van der Waals surface area contributed by atoms with Crippen molar-refractivity contribution in [3.05, 3.63) is 94.8 Å². The molecule has 0 saturated heterocycles. The number of aryl methyl sites for hydroxylation is 2. The third-order valence-electron chi connectivity index (χ3n) is 11.1. The molecule has 0 fully saturated rings. The normalized spacial score (nSPS) is 16.4. The summed E-state index contributed by atoms with van der Waals surface area (Å²) in [5.41, 5.74) is 22.1. The Hall–Kier alpha value is -6.24. The summed E-state index contributed by atoms with van der Waals surface area (Å²) in [4.78, 5) is 80.7. The van der Waals surface area contributed by atoms with Gasteiger partial charge in [-0.2, -0.15) is 5.26 Å². The van der Waals surface area contributed by atoms with Gasteiger partial charge >= 0.3 is 0 Å². The predicted molar refractivity (Wildman–Crippen MR) is 274 cm³/mol. The number of nitriles is 1. The van der Waals surface area contributed by atoms with E-state index in [9.17, 15) is 29.2 Å². The lowest BCUT2D eigenvalue weighted by molar-refractivity contribution is -0.141. The molecule has 3 aromatic carbocycles. The molecule has 5 rings (SSSR count). The van der Waals surface area contributed by atoms with Crippen LogP contribution in [0.25, 0.3) is 22.5 Å². The van der Waals surface area contributed by atoms with Gasteiger partial charge in [0.15, 0.2) is 5.82 Å². The van der Waals surface area contributed by atoms with Crippen LogP contribution in [0.5, 0.6) is 11.5 Å². The Balaban J connectivity index is 1.46. The van der Waals surface area contributed by atoms with E-state index >= 15 is 0 Å². The van der Waals surface area contributed by atoms with Crippen LogP contribution < -0.4 is 47.9 Å². The highest BCUT2D eigenvalue weighted by molar-refractivity contribution is 8.77. The number of nitrogens with zero attached hydrogens (tertiary/aromatic N) is 4. The van der Waals surface area contributed by atoms with Gasteiger partial charge in [-0.3, -0.25) is 24.0 Å². The summed E-state index contributed by atoms with van der Waals surface area (Å²) in [7, 11) is 5.19. The monoisotopic (exact) mass is 995 g/mol. The van der Waals surface area contributed by atoms with Gasteiger partial charge in [0.1, 0.15) is 55.4 Å². The minimum atomic E-state index is -1.40. The Bertz CT molecular complexity index is 2520. The van der Waals surface area contributed by atoms with E-state index in [1.807, 2.05) is 39.8 Å². The highest BCUT2D eigenvalue weighted by Crippen LogP contribution is 2.40. The number of nitrogens with one attached hydrogen (secondary N) is 4. The number of hydrogen-bond acceptors (Lipinski definition) is 15. The van der Waals surface area contributed by atoms with Crippen LogP contribution in [0.1, 0.15) is 79.3 Å². The van der Waals surface area contributed by atoms with E-state index in [4.69, 9.17) is 26.7 Å². The third-order valence-corrected chi connectivity index (χ3v) is 14.5. The first kappa shape index (κ1) is 54.7. The van der Waals surface area contributed by atoms with Gasteiger partial charge in [0.05, 0.1) is 17.3 Å². The molecule has 0 radical (unpaired) electrons. The van der Waals surface area contributed by atoms with Gasteiger partial charge in [0, 0.05) is 59.9 Å². The summed E-state index contributed by atoms with van der Waals surface area (Å²) in [5.74, 6) is -1.09. The van der Waals surface area contributed by atoms with Crippen LogP contribution in [-0.2, 0) is 32.0 Å². The van der Waals surface area contributed by atoms with Gasteiger partial charge in [-0.1, -0.05) is 78.8 Å². The van der Waals surface area contributed by atoms with Crippen molar-refractivity contribution < 1.29 is 33.4 Å². The van der Waals surface area contributed by atoms with E-state index in [0.29, 0.717) is 45.3 Å². The number of ether oxygens (including phenoxy) is 2. The molecule has 0 spiro atoms. The molecule has 5 amide bonds. The number of amides is 5. The van der Waals surface area contributed by atoms with Gasteiger partial charge in [0.25, 0.3) is 5.91 Å². The summed E-state index contributed by atoms with van der Waals surface area (Å²) >= 11 is 0. The van der Waals surface area contributed by atoms with E-state index in [1.165, 1.54) is 30.6 Å².